The van der Waals surface area contributed by atoms with E-state index in [-0.39, 0.29) is 41.1 Å². The van der Waals surface area contributed by atoms with Gasteiger partial charge in [-0.05, 0) is 106 Å². The van der Waals surface area contributed by atoms with Gasteiger partial charge in [-0.2, -0.15) is 0 Å². The van der Waals surface area contributed by atoms with Gasteiger partial charge in [0.2, 0.25) is 0 Å². The van der Waals surface area contributed by atoms with Gasteiger partial charge in [0.25, 0.3) is 0 Å². The molecule has 1 heterocycles. The molecule has 5 rings (SSSR count). The summed E-state index contributed by atoms with van der Waals surface area (Å²) in [5.41, 5.74) is -3.46. The van der Waals surface area contributed by atoms with Crippen LogP contribution in [0.3, 0.4) is 0 Å². The van der Waals surface area contributed by atoms with Gasteiger partial charge in [0.05, 0.1) is 17.8 Å². The molecule has 12 heteroatoms. The first-order valence-electron chi connectivity index (χ1n) is 18.6. The van der Waals surface area contributed by atoms with E-state index in [2.05, 4.69) is 25.7 Å². The Labute approximate surface area is 297 Å². The molecular weight excluding hydrogens is 648 g/mol. The maximum absolute atomic E-state index is 12.2. The summed E-state index contributed by atoms with van der Waals surface area (Å²) in [6.45, 7) is 17.2. The monoisotopic (exact) mass is 712 g/mol. The molecule has 0 spiro atoms. The number of aliphatic hydroxyl groups is 6. The summed E-state index contributed by atoms with van der Waals surface area (Å²) in [6.07, 6.45) is -1.56. The number of carbonyl (C=O) groups excluding carboxylic acids is 1. The Kier molecular flexibility index (Phi) is 10.9. The molecule has 12 nitrogen and oxygen atoms in total. The quantitative estimate of drug-likeness (QED) is 0.0607. The van der Waals surface area contributed by atoms with Crippen LogP contribution in [0.15, 0.2) is 12.2 Å². The van der Waals surface area contributed by atoms with Crippen LogP contribution in [0, 0.1) is 45.3 Å². The van der Waals surface area contributed by atoms with E-state index in [1.165, 1.54) is 6.92 Å². The zero-order valence-corrected chi connectivity index (χ0v) is 31.4. The van der Waals surface area contributed by atoms with Crippen LogP contribution in [0.25, 0.3) is 0 Å². The van der Waals surface area contributed by atoms with E-state index in [9.17, 15) is 40.7 Å². The first kappa shape index (κ1) is 40.0. The average Bonchev–Trinajstić information content (AvgIpc) is 3.40. The largest absolute Gasteiger partial charge is 0.463 e. The lowest BCUT2D eigenvalue weighted by molar-refractivity contribution is -0.355. The van der Waals surface area contributed by atoms with Crippen LogP contribution in [0.1, 0.15) is 107 Å². The third-order valence-electron chi connectivity index (χ3n) is 15.0. The minimum atomic E-state index is -1.65. The molecule has 50 heavy (non-hydrogen) atoms. The standard InChI is InChI=1S/C38H64O12/c1-20(39)47-19-23-26(40)27(41)28(42)32(48-23)49-31-29(43)30(44)38(9)24(34(31,4)5)14-18-36(7)25(38)12-11-21-22(13-17-35(21,36)6)37(8,45)16-10-15-33(2,3)50-46/h10,15,21-32,40-46H,11-14,16-19H2,1-9H3/b15-10+/t21-,22+,23-,24+,25+,26-,27+,28-,29-,30-,31+,32+,35-,36-,37-,38+/m1/s1. The molecule has 1 saturated heterocycles. The summed E-state index contributed by atoms with van der Waals surface area (Å²) in [7, 11) is 0. The maximum Gasteiger partial charge on any atom is 0.302 e. The summed E-state index contributed by atoms with van der Waals surface area (Å²) in [5.74, 6) is -0.243. The van der Waals surface area contributed by atoms with Gasteiger partial charge in [-0.3, -0.25) is 10.1 Å². The van der Waals surface area contributed by atoms with Crippen LogP contribution in [-0.4, -0.2) is 109 Å². The van der Waals surface area contributed by atoms with Gasteiger partial charge in [-0.25, -0.2) is 4.89 Å². The zero-order chi connectivity index (χ0) is 37.4. The minimum Gasteiger partial charge on any atom is -0.463 e. The van der Waals surface area contributed by atoms with Crippen LogP contribution >= 0.6 is 0 Å². The molecule has 0 aromatic carbocycles. The van der Waals surface area contributed by atoms with Crippen LogP contribution in [0.2, 0.25) is 0 Å². The van der Waals surface area contributed by atoms with Crippen LogP contribution in [0.4, 0.5) is 0 Å². The number of hydrogen-bond acceptors (Lipinski definition) is 12. The first-order chi connectivity index (χ1) is 23.0. The normalized spacial score (nSPS) is 48.7. The zero-order valence-electron chi connectivity index (χ0n) is 31.4. The number of fused-ring (bicyclic) bond motifs is 5. The molecule has 288 valence electrons. The van der Waals surface area contributed by atoms with E-state index < -0.39 is 77.0 Å². The van der Waals surface area contributed by atoms with Crippen LogP contribution < -0.4 is 0 Å². The Morgan fingerprint density at radius 3 is 2.12 bits per heavy atom. The Balaban J connectivity index is 1.38. The lowest BCUT2D eigenvalue weighted by atomic mass is 9.34. The van der Waals surface area contributed by atoms with Gasteiger partial charge in [-0.1, -0.05) is 46.8 Å². The van der Waals surface area contributed by atoms with Crippen molar-refractivity contribution >= 4 is 5.97 Å². The predicted octanol–water partition coefficient (Wildman–Crippen LogP) is 3.33. The lowest BCUT2D eigenvalue weighted by Gasteiger charge is -2.71. The number of esters is 1. The van der Waals surface area contributed by atoms with E-state index in [4.69, 9.17) is 14.2 Å². The highest BCUT2D eigenvalue weighted by molar-refractivity contribution is 5.65. The van der Waals surface area contributed by atoms with Gasteiger partial charge >= 0.3 is 5.97 Å². The van der Waals surface area contributed by atoms with E-state index in [0.29, 0.717) is 6.42 Å². The van der Waals surface area contributed by atoms with Crippen molar-refractivity contribution in [3.8, 4) is 0 Å². The lowest BCUT2D eigenvalue weighted by Crippen LogP contribution is -2.73. The molecular formula is C38H64O12. The fraction of sp³-hybridized carbons (Fsp3) is 0.921. The fourth-order valence-corrected chi connectivity index (χ4v) is 12.1. The van der Waals surface area contributed by atoms with Crippen LogP contribution in [0.5, 0.6) is 0 Å². The molecule has 0 radical (unpaired) electrons. The van der Waals surface area contributed by atoms with Crippen molar-refractivity contribution in [2.75, 3.05) is 6.61 Å². The fourth-order valence-electron chi connectivity index (χ4n) is 12.1. The molecule has 0 aromatic rings. The molecule has 5 aliphatic rings. The van der Waals surface area contributed by atoms with E-state index in [0.717, 1.165) is 38.5 Å². The van der Waals surface area contributed by atoms with Crippen molar-refractivity contribution < 1.29 is 59.8 Å². The molecule has 4 saturated carbocycles. The van der Waals surface area contributed by atoms with Crippen molar-refractivity contribution in [1.29, 1.82) is 0 Å². The Hall–Kier alpha value is -1.19. The first-order valence-corrected chi connectivity index (χ1v) is 18.6. The molecule has 16 atom stereocenters. The molecule has 5 fully saturated rings. The topological polar surface area (TPSA) is 196 Å². The molecule has 0 aromatic heterocycles. The molecule has 1 aliphatic heterocycles. The van der Waals surface area contributed by atoms with Crippen molar-refractivity contribution in [2.45, 2.75) is 167 Å². The second-order valence-corrected chi connectivity index (χ2v) is 18.5. The van der Waals surface area contributed by atoms with Gasteiger partial charge in [0.15, 0.2) is 6.29 Å². The van der Waals surface area contributed by atoms with Gasteiger partial charge in [-0.15, -0.1) is 0 Å². The van der Waals surface area contributed by atoms with Gasteiger partial charge < -0.3 is 44.8 Å². The Bertz CT molecular complexity index is 1270. The predicted molar refractivity (Wildman–Crippen MR) is 182 cm³/mol. The van der Waals surface area contributed by atoms with E-state index in [1.54, 1.807) is 19.9 Å². The molecule has 0 bridgehead atoms. The van der Waals surface area contributed by atoms with Crippen molar-refractivity contribution in [1.82, 2.24) is 0 Å². The summed E-state index contributed by atoms with van der Waals surface area (Å²) in [5, 5.41) is 77.2. The van der Waals surface area contributed by atoms with E-state index >= 15 is 0 Å². The van der Waals surface area contributed by atoms with Gasteiger partial charge in [0.1, 0.15) is 42.7 Å². The number of carbonyl (C=O) groups is 1. The maximum atomic E-state index is 12.2. The third kappa shape index (κ3) is 6.31. The van der Waals surface area contributed by atoms with Gasteiger partial charge in [0, 0.05) is 12.3 Å². The molecule has 0 amide bonds. The van der Waals surface area contributed by atoms with Crippen molar-refractivity contribution in [3.05, 3.63) is 12.2 Å². The second kappa shape index (κ2) is 13.6. The Morgan fingerprint density at radius 1 is 0.860 bits per heavy atom. The smallest absolute Gasteiger partial charge is 0.302 e. The second-order valence-electron chi connectivity index (χ2n) is 18.5. The SMILES string of the molecule is CC(=O)OC[C@H]1O[C@@H](O[C@H]2[C@H](O)[C@@H](O)[C@]3(C)[C@H]4CC[C@@H]5[C@@H]([C@](C)(O)C/C=C/C(C)(C)OO)CC[C@@]5(C)[C@]4(C)CC[C@H]3C2(C)C)[C@H](O)[C@@H](O)[C@@H]1O. The molecule has 4 aliphatic carbocycles. The number of ether oxygens (including phenoxy) is 3. The summed E-state index contributed by atoms with van der Waals surface area (Å²) < 4.78 is 17.1. The van der Waals surface area contributed by atoms with Crippen molar-refractivity contribution in [2.24, 2.45) is 45.3 Å². The summed E-state index contributed by atoms with van der Waals surface area (Å²) in [6, 6.07) is 0. The third-order valence-corrected chi connectivity index (χ3v) is 15.0. The highest BCUT2D eigenvalue weighted by Gasteiger charge is 2.73. The van der Waals surface area contributed by atoms with E-state index in [1.807, 2.05) is 26.8 Å². The molecule has 7 N–H and O–H groups in total. The number of rotatable bonds is 9. The van der Waals surface area contributed by atoms with Crippen molar-refractivity contribution in [3.63, 3.8) is 0 Å². The molecule has 0 unspecified atom stereocenters. The minimum absolute atomic E-state index is 0.0765. The average molecular weight is 713 g/mol. The summed E-state index contributed by atoms with van der Waals surface area (Å²) in [4.78, 5) is 16.0. The number of hydrogen-bond donors (Lipinski definition) is 7. The summed E-state index contributed by atoms with van der Waals surface area (Å²) >= 11 is 0. The highest BCUT2D eigenvalue weighted by Crippen LogP contribution is 2.76. The van der Waals surface area contributed by atoms with Crippen LogP contribution in [-0.2, 0) is 23.9 Å². The Morgan fingerprint density at radius 2 is 1.50 bits per heavy atom. The number of aliphatic hydroxyl groups excluding tert-OH is 5. The highest BCUT2D eigenvalue weighted by atomic mass is 17.1.